The van der Waals surface area contributed by atoms with Crippen LogP contribution in [0.4, 0.5) is 8.78 Å². The largest absolute Gasteiger partial charge is 0.507 e. The molecule has 74 valence electrons. The Hall–Kier alpha value is -1.15. The van der Waals surface area contributed by atoms with Crippen molar-refractivity contribution in [3.8, 4) is 11.8 Å². The Labute approximate surface area is 87.9 Å². The molecule has 0 fully saturated rings. The summed E-state index contributed by atoms with van der Waals surface area (Å²) in [4.78, 5) is 0. The average Bonchev–Trinajstić information content (AvgIpc) is 2.14. The summed E-state index contributed by atoms with van der Waals surface area (Å²) in [6.45, 7) is 0. The Balaban J connectivity index is 3.17. The first kappa shape index (κ1) is 10.9. The van der Waals surface area contributed by atoms with E-state index >= 15 is 0 Å². The van der Waals surface area contributed by atoms with E-state index in [9.17, 15) is 13.9 Å². The van der Waals surface area contributed by atoms with Crippen molar-refractivity contribution in [2.45, 2.75) is 12.8 Å². The van der Waals surface area contributed by atoms with Gasteiger partial charge in [-0.15, -0.1) is 0 Å². The van der Waals surface area contributed by atoms with Crippen LogP contribution in [-0.2, 0) is 6.42 Å². The SMILES string of the molecule is N#CCCc1c(O)cc(F)c(Br)c1F. The molecule has 0 atom stereocenters. The van der Waals surface area contributed by atoms with Crippen molar-refractivity contribution in [3.63, 3.8) is 0 Å². The fraction of sp³-hybridized carbons (Fsp3) is 0.222. The molecular weight excluding hydrogens is 256 g/mol. The zero-order valence-electron chi connectivity index (χ0n) is 7.02. The van der Waals surface area contributed by atoms with Gasteiger partial charge in [-0.3, -0.25) is 0 Å². The maximum absolute atomic E-state index is 13.3. The van der Waals surface area contributed by atoms with Gasteiger partial charge in [-0.05, 0) is 22.4 Å². The van der Waals surface area contributed by atoms with Crippen LogP contribution in [-0.4, -0.2) is 5.11 Å². The molecule has 1 aromatic rings. The third-order valence-corrected chi connectivity index (χ3v) is 2.45. The van der Waals surface area contributed by atoms with Crippen LogP contribution in [0.15, 0.2) is 10.5 Å². The minimum Gasteiger partial charge on any atom is -0.507 e. The summed E-state index contributed by atoms with van der Waals surface area (Å²) in [5, 5.41) is 17.5. The molecule has 0 amide bonds. The van der Waals surface area contributed by atoms with Gasteiger partial charge in [0.15, 0.2) is 0 Å². The predicted octanol–water partition coefficient (Wildman–Crippen LogP) is 2.89. The Kier molecular flexibility index (Phi) is 3.42. The zero-order valence-corrected chi connectivity index (χ0v) is 8.61. The van der Waals surface area contributed by atoms with Crippen LogP contribution in [0, 0.1) is 23.0 Å². The highest BCUT2D eigenvalue weighted by Crippen LogP contribution is 2.30. The summed E-state index contributed by atoms with van der Waals surface area (Å²) in [6.07, 6.45) is 0.135. The van der Waals surface area contributed by atoms with Gasteiger partial charge in [0.1, 0.15) is 17.4 Å². The molecular formula is C9H6BrF2NO. The van der Waals surface area contributed by atoms with Gasteiger partial charge in [0.2, 0.25) is 0 Å². The van der Waals surface area contributed by atoms with Crippen LogP contribution >= 0.6 is 15.9 Å². The van der Waals surface area contributed by atoms with Gasteiger partial charge < -0.3 is 5.11 Å². The van der Waals surface area contributed by atoms with E-state index in [1.165, 1.54) is 0 Å². The molecule has 1 rings (SSSR count). The maximum atomic E-state index is 13.3. The second-order valence-corrected chi connectivity index (χ2v) is 3.44. The van der Waals surface area contributed by atoms with Gasteiger partial charge in [-0.2, -0.15) is 5.26 Å². The fourth-order valence-corrected chi connectivity index (χ4v) is 1.39. The van der Waals surface area contributed by atoms with E-state index in [0.717, 1.165) is 6.07 Å². The van der Waals surface area contributed by atoms with Crippen molar-refractivity contribution >= 4 is 15.9 Å². The number of phenols is 1. The third-order valence-electron chi connectivity index (χ3n) is 1.73. The quantitative estimate of drug-likeness (QED) is 0.833. The second-order valence-electron chi connectivity index (χ2n) is 2.64. The van der Waals surface area contributed by atoms with Crippen molar-refractivity contribution in [1.29, 1.82) is 5.26 Å². The molecule has 0 aliphatic rings. The lowest BCUT2D eigenvalue weighted by atomic mass is 10.1. The first-order valence-corrected chi connectivity index (χ1v) is 4.59. The molecule has 0 aromatic heterocycles. The minimum absolute atomic E-state index is 0.0418. The van der Waals surface area contributed by atoms with Crippen LogP contribution in [0.3, 0.4) is 0 Å². The van der Waals surface area contributed by atoms with E-state index in [2.05, 4.69) is 15.9 Å². The number of nitriles is 1. The summed E-state index contributed by atoms with van der Waals surface area (Å²) in [5.74, 6) is -2.17. The van der Waals surface area contributed by atoms with Gasteiger partial charge in [0, 0.05) is 18.1 Å². The third kappa shape index (κ3) is 2.02. The maximum Gasteiger partial charge on any atom is 0.147 e. The van der Waals surface area contributed by atoms with Crippen LogP contribution in [0.25, 0.3) is 0 Å². The predicted molar refractivity (Wildman–Crippen MR) is 49.7 cm³/mol. The summed E-state index contributed by atoms with van der Waals surface area (Å²) in [5.41, 5.74) is -0.0418. The topological polar surface area (TPSA) is 44.0 Å². The molecule has 0 saturated carbocycles. The molecule has 1 N–H and O–H groups in total. The van der Waals surface area contributed by atoms with E-state index in [1.807, 2.05) is 6.07 Å². The molecule has 0 unspecified atom stereocenters. The van der Waals surface area contributed by atoms with Crippen LogP contribution in [0.5, 0.6) is 5.75 Å². The molecule has 14 heavy (non-hydrogen) atoms. The van der Waals surface area contributed by atoms with Crippen molar-refractivity contribution in [2.75, 3.05) is 0 Å². The molecule has 0 saturated heterocycles. The standard InChI is InChI=1S/C9H6BrF2NO/c10-8-6(11)4-7(14)5(9(8)12)2-1-3-13/h4,14H,1-2H2. The fourth-order valence-electron chi connectivity index (χ4n) is 1.04. The number of aromatic hydroxyl groups is 1. The number of halogens is 3. The van der Waals surface area contributed by atoms with Gasteiger partial charge >= 0.3 is 0 Å². The van der Waals surface area contributed by atoms with E-state index in [1.54, 1.807) is 0 Å². The number of phenolic OH excluding ortho intramolecular Hbond substituents is 1. The van der Waals surface area contributed by atoms with Gasteiger partial charge in [0.25, 0.3) is 0 Å². The Morgan fingerprint density at radius 2 is 2.14 bits per heavy atom. The van der Waals surface area contributed by atoms with E-state index in [0.29, 0.717) is 0 Å². The highest BCUT2D eigenvalue weighted by Gasteiger charge is 2.15. The smallest absolute Gasteiger partial charge is 0.147 e. The molecule has 0 radical (unpaired) electrons. The van der Waals surface area contributed by atoms with Crippen LogP contribution in [0.2, 0.25) is 0 Å². The number of benzene rings is 1. The molecule has 0 heterocycles. The van der Waals surface area contributed by atoms with E-state index in [-0.39, 0.29) is 22.9 Å². The Morgan fingerprint density at radius 3 is 2.71 bits per heavy atom. The van der Waals surface area contributed by atoms with Gasteiger partial charge in [-0.1, -0.05) is 0 Å². The monoisotopic (exact) mass is 261 g/mol. The summed E-state index contributed by atoms with van der Waals surface area (Å²) in [6, 6.07) is 2.64. The lowest BCUT2D eigenvalue weighted by Gasteiger charge is -2.06. The number of hydrogen-bond donors (Lipinski definition) is 1. The molecule has 0 spiro atoms. The Morgan fingerprint density at radius 1 is 1.50 bits per heavy atom. The van der Waals surface area contributed by atoms with Crippen molar-refractivity contribution < 1.29 is 13.9 Å². The molecule has 0 aliphatic heterocycles. The number of nitrogens with zero attached hydrogens (tertiary/aromatic N) is 1. The molecule has 5 heteroatoms. The van der Waals surface area contributed by atoms with Crippen molar-refractivity contribution in [2.24, 2.45) is 0 Å². The average molecular weight is 262 g/mol. The molecule has 1 aromatic carbocycles. The van der Waals surface area contributed by atoms with Crippen LogP contribution in [0.1, 0.15) is 12.0 Å². The first-order valence-electron chi connectivity index (χ1n) is 3.80. The van der Waals surface area contributed by atoms with Crippen LogP contribution < -0.4 is 0 Å². The highest BCUT2D eigenvalue weighted by molar-refractivity contribution is 9.10. The number of rotatable bonds is 2. The first-order chi connectivity index (χ1) is 6.57. The Bertz CT molecular complexity index is 401. The van der Waals surface area contributed by atoms with Crippen molar-refractivity contribution in [3.05, 3.63) is 27.7 Å². The molecule has 0 bridgehead atoms. The van der Waals surface area contributed by atoms with E-state index < -0.39 is 17.4 Å². The summed E-state index contributed by atoms with van der Waals surface area (Å²) < 4.78 is 25.8. The minimum atomic E-state index is -0.860. The van der Waals surface area contributed by atoms with Gasteiger partial charge in [-0.25, -0.2) is 8.78 Å². The summed E-state index contributed by atoms with van der Waals surface area (Å²) >= 11 is 2.71. The zero-order chi connectivity index (χ0) is 10.7. The molecule has 0 aliphatic carbocycles. The summed E-state index contributed by atoms with van der Waals surface area (Å²) in [7, 11) is 0. The normalized spacial score (nSPS) is 9.86. The van der Waals surface area contributed by atoms with E-state index in [4.69, 9.17) is 5.26 Å². The lowest BCUT2D eigenvalue weighted by molar-refractivity contribution is 0.448. The lowest BCUT2D eigenvalue weighted by Crippen LogP contribution is -1.95. The number of hydrogen-bond acceptors (Lipinski definition) is 2. The molecule has 2 nitrogen and oxygen atoms in total. The highest BCUT2D eigenvalue weighted by atomic mass is 79.9. The van der Waals surface area contributed by atoms with Gasteiger partial charge in [0.05, 0.1) is 10.5 Å². The van der Waals surface area contributed by atoms with Crippen molar-refractivity contribution in [1.82, 2.24) is 0 Å². The second kappa shape index (κ2) is 4.38.